The molecule has 1 aliphatic rings. The second-order valence-electron chi connectivity index (χ2n) is 11.4. The van der Waals surface area contributed by atoms with Crippen LogP contribution in [0.2, 0.25) is 0 Å². The van der Waals surface area contributed by atoms with E-state index in [-0.39, 0.29) is 17.7 Å². The molecule has 3 N–H and O–H groups in total. The van der Waals surface area contributed by atoms with Gasteiger partial charge in [0.2, 0.25) is 0 Å². The van der Waals surface area contributed by atoms with Crippen molar-refractivity contribution in [2.45, 2.75) is 38.1 Å². The standard InChI is InChI=1S/C28H30F2N8O3/c1-27(2,3)26-34-22-20(36(26)4)10-8-18(24(22)37-13-12-28(31,15-37)14-32-41)33-25(40)19-9-11-21(39)38(35-19)23-16(29)6-5-7-17(23)30/h5-11H,12-15,31H2,1-4H3,(H,33,40). The molecule has 13 heteroatoms. The van der Waals surface area contributed by atoms with E-state index in [1.54, 1.807) is 6.07 Å². The summed E-state index contributed by atoms with van der Waals surface area (Å²) in [6.07, 6.45) is 0.502. The number of anilines is 2. The summed E-state index contributed by atoms with van der Waals surface area (Å²) in [5.74, 6) is -1.89. The molecule has 3 heterocycles. The van der Waals surface area contributed by atoms with Crippen LogP contribution in [0.3, 0.4) is 0 Å². The first kappa shape index (κ1) is 28.0. The Bertz CT molecular complexity index is 1720. The second kappa shape index (κ2) is 10.1. The molecule has 2 aromatic carbocycles. The zero-order valence-electron chi connectivity index (χ0n) is 23.1. The van der Waals surface area contributed by atoms with E-state index in [0.29, 0.717) is 41.1 Å². The van der Waals surface area contributed by atoms with Crippen LogP contribution in [0.5, 0.6) is 0 Å². The average molecular weight is 565 g/mol. The zero-order chi connectivity index (χ0) is 29.7. The van der Waals surface area contributed by atoms with Crippen LogP contribution in [0.25, 0.3) is 16.7 Å². The van der Waals surface area contributed by atoms with Crippen molar-refractivity contribution in [1.29, 1.82) is 0 Å². The molecule has 2 aromatic heterocycles. The minimum Gasteiger partial charge on any atom is -0.366 e. The van der Waals surface area contributed by atoms with Crippen LogP contribution in [0.1, 0.15) is 43.5 Å². The van der Waals surface area contributed by atoms with Gasteiger partial charge in [0.25, 0.3) is 11.5 Å². The van der Waals surface area contributed by atoms with Gasteiger partial charge < -0.3 is 20.5 Å². The predicted molar refractivity (Wildman–Crippen MR) is 152 cm³/mol. The van der Waals surface area contributed by atoms with E-state index in [4.69, 9.17) is 10.7 Å². The minimum absolute atomic E-state index is 0.0608. The number of nitrogens with one attached hydrogen (secondary N) is 1. The molecule has 0 saturated carbocycles. The quantitative estimate of drug-likeness (QED) is 0.341. The number of rotatable bonds is 6. The molecule has 1 aliphatic heterocycles. The number of hydrogen-bond acceptors (Lipinski definition) is 8. The summed E-state index contributed by atoms with van der Waals surface area (Å²) in [5, 5.41) is 9.80. The highest BCUT2D eigenvalue weighted by atomic mass is 19.1. The molecule has 214 valence electrons. The number of carbonyl (C=O) groups excluding carboxylic acids is 1. The lowest BCUT2D eigenvalue weighted by Gasteiger charge is -2.25. The first-order valence-electron chi connectivity index (χ1n) is 13.0. The third-order valence-corrected chi connectivity index (χ3v) is 7.21. The molecule has 0 aliphatic carbocycles. The van der Waals surface area contributed by atoms with E-state index in [0.717, 1.165) is 35.6 Å². The summed E-state index contributed by atoms with van der Waals surface area (Å²) in [5.41, 5.74) is 6.05. The molecule has 1 atom stereocenters. The SMILES string of the molecule is Cn1c(C(C)(C)C)nc2c(N3CCC(N)(CN=O)C3)c(NC(=O)c3ccc(=O)n(-c4c(F)cccc4F)n3)ccc21. The number of benzene rings is 2. The highest BCUT2D eigenvalue weighted by Gasteiger charge is 2.37. The topological polar surface area (TPSA) is 140 Å². The van der Waals surface area contributed by atoms with Crippen LogP contribution in [0, 0.1) is 16.5 Å². The fraction of sp³-hybridized carbons (Fsp3) is 0.357. The first-order chi connectivity index (χ1) is 19.3. The molecule has 1 unspecified atom stereocenters. The Hall–Kier alpha value is -4.52. The molecule has 4 aromatic rings. The second-order valence-corrected chi connectivity index (χ2v) is 11.4. The molecule has 1 fully saturated rings. The van der Waals surface area contributed by atoms with Gasteiger partial charge in [-0.3, -0.25) is 9.59 Å². The van der Waals surface area contributed by atoms with E-state index in [2.05, 4.69) is 15.6 Å². The van der Waals surface area contributed by atoms with Crippen molar-refractivity contribution in [2.75, 3.05) is 29.9 Å². The van der Waals surface area contributed by atoms with Crippen LogP contribution in [0.4, 0.5) is 20.2 Å². The first-order valence-corrected chi connectivity index (χ1v) is 13.0. The number of nitroso groups, excluding NO2 is 1. The number of fused-ring (bicyclic) bond motifs is 1. The molecule has 41 heavy (non-hydrogen) atoms. The number of imidazole rings is 1. The Balaban J connectivity index is 1.60. The van der Waals surface area contributed by atoms with Gasteiger partial charge in [0, 0.05) is 31.6 Å². The number of carbonyl (C=O) groups is 1. The van der Waals surface area contributed by atoms with Crippen LogP contribution < -0.4 is 21.5 Å². The average Bonchev–Trinajstić information content (AvgIpc) is 3.45. The Kier molecular flexibility index (Phi) is 6.93. The Morgan fingerprint density at radius 3 is 2.49 bits per heavy atom. The van der Waals surface area contributed by atoms with Gasteiger partial charge in [-0.15, -0.1) is 0 Å². The molecule has 0 radical (unpaired) electrons. The minimum atomic E-state index is -1.00. The lowest BCUT2D eigenvalue weighted by Crippen LogP contribution is -2.45. The largest absolute Gasteiger partial charge is 0.366 e. The van der Waals surface area contributed by atoms with Gasteiger partial charge in [-0.2, -0.15) is 14.7 Å². The van der Waals surface area contributed by atoms with E-state index >= 15 is 0 Å². The lowest BCUT2D eigenvalue weighted by atomic mass is 9.96. The summed E-state index contributed by atoms with van der Waals surface area (Å²) in [7, 11) is 1.92. The summed E-state index contributed by atoms with van der Waals surface area (Å²) < 4.78 is 31.3. The van der Waals surface area contributed by atoms with Crippen molar-refractivity contribution in [3.63, 3.8) is 0 Å². The number of para-hydroxylation sites is 1. The van der Waals surface area contributed by atoms with Crippen molar-refractivity contribution < 1.29 is 13.6 Å². The zero-order valence-corrected chi connectivity index (χ0v) is 23.1. The number of halogens is 2. The monoisotopic (exact) mass is 564 g/mol. The van der Waals surface area contributed by atoms with E-state index in [1.165, 1.54) is 6.07 Å². The van der Waals surface area contributed by atoms with Gasteiger partial charge in [-0.25, -0.2) is 13.8 Å². The van der Waals surface area contributed by atoms with E-state index in [9.17, 15) is 23.3 Å². The number of aromatic nitrogens is 4. The molecule has 0 spiro atoms. The normalized spacial score (nSPS) is 17.3. The summed E-state index contributed by atoms with van der Waals surface area (Å²) in [4.78, 5) is 43.8. The van der Waals surface area contributed by atoms with Crippen LogP contribution in [0.15, 0.2) is 52.4 Å². The van der Waals surface area contributed by atoms with E-state index in [1.807, 2.05) is 43.4 Å². The molecular formula is C28H30F2N8O3. The van der Waals surface area contributed by atoms with Crippen LogP contribution in [-0.2, 0) is 12.5 Å². The van der Waals surface area contributed by atoms with Gasteiger partial charge in [0.1, 0.15) is 29.3 Å². The summed E-state index contributed by atoms with van der Waals surface area (Å²) in [6, 6.07) is 8.90. The van der Waals surface area contributed by atoms with Crippen molar-refractivity contribution in [2.24, 2.45) is 18.0 Å². The Morgan fingerprint density at radius 2 is 1.83 bits per heavy atom. The lowest BCUT2D eigenvalue weighted by molar-refractivity contribution is 0.102. The number of nitrogens with two attached hydrogens (primary N) is 1. The molecule has 5 rings (SSSR count). The van der Waals surface area contributed by atoms with Crippen LogP contribution in [-0.4, -0.2) is 50.4 Å². The third kappa shape index (κ3) is 5.08. The Morgan fingerprint density at radius 1 is 1.12 bits per heavy atom. The summed E-state index contributed by atoms with van der Waals surface area (Å²) in [6.45, 7) is 6.88. The molecular weight excluding hydrogens is 534 g/mol. The van der Waals surface area contributed by atoms with Crippen molar-refractivity contribution >= 4 is 28.3 Å². The number of nitrogens with zero attached hydrogens (tertiary/aromatic N) is 6. The summed E-state index contributed by atoms with van der Waals surface area (Å²) >= 11 is 0. The number of aryl methyl sites for hydroxylation is 1. The predicted octanol–water partition coefficient (Wildman–Crippen LogP) is 3.62. The van der Waals surface area contributed by atoms with E-state index < -0.39 is 34.3 Å². The van der Waals surface area contributed by atoms with Gasteiger partial charge in [-0.05, 0) is 36.8 Å². The smallest absolute Gasteiger partial charge is 0.276 e. The molecule has 0 bridgehead atoms. The fourth-order valence-corrected chi connectivity index (χ4v) is 5.25. The van der Waals surface area contributed by atoms with Gasteiger partial charge in [-0.1, -0.05) is 32.0 Å². The molecule has 1 amide bonds. The van der Waals surface area contributed by atoms with Crippen molar-refractivity contribution in [3.8, 4) is 5.69 Å². The number of amides is 1. The highest BCUT2D eigenvalue weighted by molar-refractivity contribution is 6.08. The Labute approximate surface area is 233 Å². The van der Waals surface area contributed by atoms with Crippen molar-refractivity contribution in [3.05, 3.63) is 80.9 Å². The molecule has 1 saturated heterocycles. The van der Waals surface area contributed by atoms with Gasteiger partial charge in [0.05, 0.1) is 22.4 Å². The third-order valence-electron chi connectivity index (χ3n) is 7.21. The number of hydrogen-bond donors (Lipinski definition) is 2. The van der Waals surface area contributed by atoms with Gasteiger partial charge >= 0.3 is 0 Å². The molecule has 11 nitrogen and oxygen atoms in total. The highest BCUT2D eigenvalue weighted by Crippen LogP contribution is 2.39. The van der Waals surface area contributed by atoms with Crippen molar-refractivity contribution in [1.82, 2.24) is 19.3 Å². The maximum Gasteiger partial charge on any atom is 0.276 e. The maximum absolute atomic E-state index is 14.4. The maximum atomic E-state index is 14.4. The van der Waals surface area contributed by atoms with Crippen LogP contribution >= 0.6 is 0 Å². The fourth-order valence-electron chi connectivity index (χ4n) is 5.25. The van der Waals surface area contributed by atoms with Gasteiger partial charge in [0.15, 0.2) is 11.6 Å².